The molecule has 7 aromatic carbocycles. The predicted octanol–water partition coefficient (Wildman–Crippen LogP) is 16.9. The molecule has 2 aliphatic carbocycles. The number of fused-ring (bicyclic) bond motifs is 14. The number of aryl methyl sites for hydroxylation is 2. The number of anilines is 6. The lowest BCUT2D eigenvalue weighted by atomic mass is 9.70. The first-order chi connectivity index (χ1) is 32.8. The van der Waals surface area contributed by atoms with E-state index in [1.165, 1.54) is 44.5 Å². The predicted molar refractivity (Wildman–Crippen MR) is 282 cm³/mol. The Morgan fingerprint density at radius 3 is 1.53 bits per heavy atom. The number of aromatic nitrogens is 2. The standard InChI is InChI=1S/C63H54N4O/c1-39-21-33-56(64-37-39)66(43-27-23-41(24-28-43)61(3,4)5)45-31-32-48-52(35-45)63(50-18-12-9-15-46(50)47-16-10-13-19-51(47)63)53-36-54(59-49-17-11-14-20-55(49)68-60(59)58(48)53)67(57-34-22-40(2)38-65-57)44-29-25-42(26-30-44)62(6,7)8/h9-38H,1-8H3. The van der Waals surface area contributed by atoms with Crippen LogP contribution in [-0.2, 0) is 16.2 Å². The number of nitrogens with zero attached hydrogens (tertiary/aromatic N) is 4. The Morgan fingerprint density at radius 1 is 0.456 bits per heavy atom. The molecule has 10 aromatic rings. The minimum absolute atomic E-state index is 0.00565. The van der Waals surface area contributed by atoms with Gasteiger partial charge < -0.3 is 4.42 Å². The number of hydrogen-bond acceptors (Lipinski definition) is 5. The molecule has 5 nitrogen and oxygen atoms in total. The van der Waals surface area contributed by atoms with Crippen molar-refractivity contribution in [3.8, 4) is 22.3 Å². The average Bonchev–Trinajstić information content (AvgIpc) is 3.97. The van der Waals surface area contributed by atoms with Crippen LogP contribution in [0.4, 0.5) is 34.4 Å². The molecule has 0 atom stereocenters. The van der Waals surface area contributed by atoms with Crippen molar-refractivity contribution in [2.75, 3.05) is 9.80 Å². The normalized spacial score (nSPS) is 13.4. The lowest BCUT2D eigenvalue weighted by molar-refractivity contribution is 0.590. The second-order valence-corrected chi connectivity index (χ2v) is 20.8. The molecule has 332 valence electrons. The summed E-state index contributed by atoms with van der Waals surface area (Å²) in [6, 6.07) is 62.7. The van der Waals surface area contributed by atoms with Crippen LogP contribution in [0, 0.1) is 13.8 Å². The second kappa shape index (κ2) is 15.1. The van der Waals surface area contributed by atoms with E-state index in [1.54, 1.807) is 0 Å². The third-order valence-corrected chi connectivity index (χ3v) is 14.4. The largest absolute Gasteiger partial charge is 0.455 e. The van der Waals surface area contributed by atoms with Crippen molar-refractivity contribution in [1.29, 1.82) is 0 Å². The molecule has 0 bridgehead atoms. The maximum atomic E-state index is 7.27. The molecule has 5 heteroatoms. The van der Waals surface area contributed by atoms with Gasteiger partial charge in [0, 0.05) is 40.4 Å². The minimum atomic E-state index is -0.708. The highest BCUT2D eigenvalue weighted by atomic mass is 16.3. The van der Waals surface area contributed by atoms with Crippen molar-refractivity contribution in [2.45, 2.75) is 71.6 Å². The monoisotopic (exact) mass is 882 g/mol. The summed E-state index contributed by atoms with van der Waals surface area (Å²) in [5.41, 5.74) is 19.6. The van der Waals surface area contributed by atoms with Crippen LogP contribution in [0.3, 0.4) is 0 Å². The van der Waals surface area contributed by atoms with E-state index in [0.717, 1.165) is 78.6 Å². The van der Waals surface area contributed by atoms with Gasteiger partial charge >= 0.3 is 0 Å². The Hall–Kier alpha value is -7.76. The lowest BCUT2D eigenvalue weighted by Crippen LogP contribution is -2.26. The van der Waals surface area contributed by atoms with Gasteiger partial charge in [0.15, 0.2) is 0 Å². The summed E-state index contributed by atoms with van der Waals surface area (Å²) in [6.07, 6.45) is 3.93. The van der Waals surface area contributed by atoms with Crippen molar-refractivity contribution >= 4 is 56.3 Å². The number of para-hydroxylation sites is 1. The molecule has 0 saturated heterocycles. The maximum Gasteiger partial charge on any atom is 0.145 e. The number of rotatable bonds is 6. The van der Waals surface area contributed by atoms with E-state index in [4.69, 9.17) is 14.4 Å². The van der Waals surface area contributed by atoms with Gasteiger partial charge in [-0.1, -0.05) is 151 Å². The average molecular weight is 883 g/mol. The molecule has 0 radical (unpaired) electrons. The van der Waals surface area contributed by atoms with Crippen LogP contribution in [0.5, 0.6) is 0 Å². The quantitative estimate of drug-likeness (QED) is 0.166. The van der Waals surface area contributed by atoms with Crippen molar-refractivity contribution in [3.05, 3.63) is 227 Å². The van der Waals surface area contributed by atoms with Gasteiger partial charge in [-0.3, -0.25) is 9.80 Å². The first kappa shape index (κ1) is 41.7. The van der Waals surface area contributed by atoms with Crippen molar-refractivity contribution in [3.63, 3.8) is 0 Å². The van der Waals surface area contributed by atoms with Crippen molar-refractivity contribution in [2.24, 2.45) is 0 Å². The molecule has 68 heavy (non-hydrogen) atoms. The Labute approximate surface area is 399 Å². The van der Waals surface area contributed by atoms with Crippen LogP contribution in [-0.4, -0.2) is 9.97 Å². The van der Waals surface area contributed by atoms with Gasteiger partial charge in [0.2, 0.25) is 0 Å². The van der Waals surface area contributed by atoms with E-state index in [1.807, 2.05) is 12.4 Å². The topological polar surface area (TPSA) is 45.4 Å². The van der Waals surface area contributed by atoms with Gasteiger partial charge in [-0.2, -0.15) is 0 Å². The molecule has 0 amide bonds. The first-order valence-electron chi connectivity index (χ1n) is 23.8. The van der Waals surface area contributed by atoms with Gasteiger partial charge in [-0.05, 0) is 147 Å². The first-order valence-corrected chi connectivity index (χ1v) is 23.8. The van der Waals surface area contributed by atoms with Crippen molar-refractivity contribution < 1.29 is 4.42 Å². The molecule has 0 unspecified atom stereocenters. The van der Waals surface area contributed by atoms with Crippen LogP contribution in [0.25, 0.3) is 44.2 Å². The zero-order valence-electron chi connectivity index (χ0n) is 40.0. The summed E-state index contributed by atoms with van der Waals surface area (Å²) in [7, 11) is 0. The fourth-order valence-corrected chi connectivity index (χ4v) is 11.0. The Morgan fingerprint density at radius 2 is 0.971 bits per heavy atom. The third kappa shape index (κ3) is 6.29. The molecule has 12 rings (SSSR count). The maximum absolute atomic E-state index is 7.27. The van der Waals surface area contributed by atoms with E-state index in [2.05, 4.69) is 235 Å². The zero-order valence-corrected chi connectivity index (χ0v) is 40.0. The number of hydrogen-bond donors (Lipinski definition) is 0. The van der Waals surface area contributed by atoms with E-state index >= 15 is 0 Å². The Bertz CT molecular complexity index is 3540. The zero-order chi connectivity index (χ0) is 46.7. The molecular formula is C63H54N4O. The van der Waals surface area contributed by atoms with E-state index in [-0.39, 0.29) is 10.8 Å². The van der Waals surface area contributed by atoms with Crippen molar-refractivity contribution in [1.82, 2.24) is 9.97 Å². The molecule has 2 aliphatic rings. The van der Waals surface area contributed by atoms with E-state index in [0.29, 0.717) is 0 Å². The summed E-state index contributed by atoms with van der Waals surface area (Å²) in [6.45, 7) is 17.8. The van der Waals surface area contributed by atoms with Crippen LogP contribution >= 0.6 is 0 Å². The summed E-state index contributed by atoms with van der Waals surface area (Å²) >= 11 is 0. The molecule has 3 heterocycles. The summed E-state index contributed by atoms with van der Waals surface area (Å²) < 4.78 is 7.27. The molecule has 0 N–H and O–H groups in total. The van der Waals surface area contributed by atoms with Crippen LogP contribution < -0.4 is 9.80 Å². The summed E-state index contributed by atoms with van der Waals surface area (Å²) in [5.74, 6) is 1.69. The smallest absolute Gasteiger partial charge is 0.145 e. The fraction of sp³-hybridized carbons (Fsp3) is 0.175. The number of pyridine rings is 2. The summed E-state index contributed by atoms with van der Waals surface area (Å²) in [4.78, 5) is 14.9. The lowest BCUT2D eigenvalue weighted by Gasteiger charge is -2.33. The molecular weight excluding hydrogens is 829 g/mol. The minimum Gasteiger partial charge on any atom is -0.455 e. The van der Waals surface area contributed by atoms with E-state index in [9.17, 15) is 0 Å². The molecule has 0 saturated carbocycles. The molecule has 0 aliphatic heterocycles. The number of furan rings is 1. The van der Waals surface area contributed by atoms with Crippen LogP contribution in [0.2, 0.25) is 0 Å². The Balaban J connectivity index is 1.19. The van der Waals surface area contributed by atoms with E-state index < -0.39 is 5.41 Å². The van der Waals surface area contributed by atoms with Crippen LogP contribution in [0.1, 0.15) is 86.1 Å². The van der Waals surface area contributed by atoms with Crippen LogP contribution in [0.15, 0.2) is 187 Å². The second-order valence-electron chi connectivity index (χ2n) is 20.8. The SMILES string of the molecule is Cc1ccc(N(c2ccc(C(C)(C)C)cc2)c2ccc3c(c2)C2(c4ccccc4-c4ccccc42)c2cc(N(c4ccc(C(C)(C)C)cc4)c4ccc(C)cn4)c4c(oc5ccccc54)c2-3)nc1. The molecule has 3 aromatic heterocycles. The Kier molecular flexibility index (Phi) is 9.27. The third-order valence-electron chi connectivity index (χ3n) is 14.4. The summed E-state index contributed by atoms with van der Waals surface area (Å²) in [5, 5.41) is 2.11. The highest BCUT2D eigenvalue weighted by Crippen LogP contribution is 2.66. The highest BCUT2D eigenvalue weighted by Gasteiger charge is 2.53. The molecule has 1 spiro atoms. The van der Waals surface area contributed by atoms with Gasteiger partial charge in [-0.25, -0.2) is 9.97 Å². The fourth-order valence-electron chi connectivity index (χ4n) is 11.0. The number of benzene rings is 7. The highest BCUT2D eigenvalue weighted by molar-refractivity contribution is 6.19. The van der Waals surface area contributed by atoms with Gasteiger partial charge in [0.1, 0.15) is 22.8 Å². The van der Waals surface area contributed by atoms with Gasteiger partial charge in [0.05, 0.1) is 16.5 Å². The molecule has 0 fully saturated rings. The van der Waals surface area contributed by atoms with Gasteiger partial charge in [0.25, 0.3) is 0 Å². The van der Waals surface area contributed by atoms with Gasteiger partial charge in [-0.15, -0.1) is 0 Å².